The van der Waals surface area contributed by atoms with E-state index >= 15 is 0 Å². The lowest BCUT2D eigenvalue weighted by Crippen LogP contribution is -2.02. The molecule has 0 saturated carbocycles. The summed E-state index contributed by atoms with van der Waals surface area (Å²) in [4.78, 5) is 0. The molecule has 0 radical (unpaired) electrons. The second-order valence-corrected chi connectivity index (χ2v) is 5.51. The summed E-state index contributed by atoms with van der Waals surface area (Å²) in [5, 5.41) is 0. The molecule has 3 nitrogen and oxygen atoms in total. The van der Waals surface area contributed by atoms with Crippen LogP contribution in [0.25, 0.3) is 0 Å². The highest BCUT2D eigenvalue weighted by Crippen LogP contribution is 2.33. The summed E-state index contributed by atoms with van der Waals surface area (Å²) >= 11 is 9.41. The molecular weight excluding hydrogens is 356 g/mol. The van der Waals surface area contributed by atoms with Gasteiger partial charge in [0.2, 0.25) is 0 Å². The molecule has 0 N–H and O–H groups in total. The number of halogens is 2. The lowest BCUT2D eigenvalue weighted by Gasteiger charge is -2.15. The first-order valence-electron chi connectivity index (χ1n) is 6.36. The lowest BCUT2D eigenvalue weighted by molar-refractivity contribution is 0.276. The number of methoxy groups -OCH3 is 2. The third-order valence-corrected chi connectivity index (χ3v) is 3.82. The molecule has 0 spiro atoms. The van der Waals surface area contributed by atoms with Crippen molar-refractivity contribution in [3.05, 3.63) is 52.0 Å². The molecule has 5 heteroatoms. The first-order chi connectivity index (χ1) is 10.2. The molecule has 0 unspecified atom stereocenters. The Balaban J connectivity index is 2.26. The van der Waals surface area contributed by atoms with E-state index in [4.69, 9.17) is 25.8 Å². The third kappa shape index (κ3) is 3.83. The van der Waals surface area contributed by atoms with Crippen molar-refractivity contribution in [1.82, 2.24) is 0 Å². The molecule has 2 aromatic rings. The highest BCUT2D eigenvalue weighted by Gasteiger charge is 2.12. The number of benzene rings is 2. The van der Waals surface area contributed by atoms with E-state index in [-0.39, 0.29) is 0 Å². The van der Waals surface area contributed by atoms with Gasteiger partial charge >= 0.3 is 0 Å². The lowest BCUT2D eigenvalue weighted by atomic mass is 10.2. The van der Waals surface area contributed by atoms with Crippen molar-refractivity contribution < 1.29 is 14.2 Å². The number of rotatable bonds is 6. The van der Waals surface area contributed by atoms with E-state index in [1.807, 2.05) is 36.4 Å². The molecule has 0 aromatic heterocycles. The maximum atomic E-state index is 5.96. The van der Waals surface area contributed by atoms with Gasteiger partial charge in [-0.05, 0) is 24.3 Å². The van der Waals surface area contributed by atoms with Gasteiger partial charge in [0.15, 0.2) is 11.5 Å². The Bertz CT molecular complexity index is 594. The van der Waals surface area contributed by atoms with Crippen molar-refractivity contribution in [1.29, 1.82) is 0 Å². The summed E-state index contributed by atoms with van der Waals surface area (Å²) in [6, 6.07) is 11.5. The monoisotopic (exact) mass is 370 g/mol. The van der Waals surface area contributed by atoms with Crippen LogP contribution in [-0.2, 0) is 12.5 Å². The largest absolute Gasteiger partial charge is 0.496 e. The molecule has 0 bridgehead atoms. The second kappa shape index (κ2) is 7.57. The zero-order valence-electron chi connectivity index (χ0n) is 11.9. The van der Waals surface area contributed by atoms with Crippen LogP contribution in [0.2, 0.25) is 0 Å². The Morgan fingerprint density at radius 1 is 1.00 bits per heavy atom. The molecule has 21 heavy (non-hydrogen) atoms. The van der Waals surface area contributed by atoms with Gasteiger partial charge in [-0.25, -0.2) is 0 Å². The van der Waals surface area contributed by atoms with Crippen molar-refractivity contribution >= 4 is 27.5 Å². The summed E-state index contributed by atoms with van der Waals surface area (Å²) in [7, 11) is 3.25. The summed E-state index contributed by atoms with van der Waals surface area (Å²) in [5.41, 5.74) is 1.84. The highest BCUT2D eigenvalue weighted by molar-refractivity contribution is 9.10. The Morgan fingerprint density at radius 3 is 2.43 bits per heavy atom. The molecule has 0 aliphatic rings. The van der Waals surface area contributed by atoms with Gasteiger partial charge in [-0.1, -0.05) is 28.1 Å². The van der Waals surface area contributed by atoms with Crippen LogP contribution in [0, 0.1) is 0 Å². The van der Waals surface area contributed by atoms with E-state index in [1.54, 1.807) is 14.2 Å². The van der Waals surface area contributed by atoms with Crippen LogP contribution < -0.4 is 14.2 Å². The van der Waals surface area contributed by atoms with E-state index < -0.39 is 0 Å². The second-order valence-electron chi connectivity index (χ2n) is 4.33. The van der Waals surface area contributed by atoms with Gasteiger partial charge in [-0.15, -0.1) is 11.6 Å². The zero-order chi connectivity index (χ0) is 15.2. The van der Waals surface area contributed by atoms with Crippen LogP contribution in [0.1, 0.15) is 11.1 Å². The molecule has 0 heterocycles. The molecule has 0 aliphatic carbocycles. The summed E-state index contributed by atoms with van der Waals surface area (Å²) < 4.78 is 17.6. The number of hydrogen-bond acceptors (Lipinski definition) is 3. The topological polar surface area (TPSA) is 27.7 Å². The van der Waals surface area contributed by atoms with Crippen molar-refractivity contribution in [2.75, 3.05) is 14.2 Å². The molecular formula is C16H16BrClO3. The van der Waals surface area contributed by atoms with Gasteiger partial charge in [0.05, 0.1) is 20.1 Å². The van der Waals surface area contributed by atoms with E-state index in [9.17, 15) is 0 Å². The van der Waals surface area contributed by atoms with E-state index in [0.717, 1.165) is 21.3 Å². The predicted octanol–water partition coefficient (Wildman–Crippen LogP) is 4.78. The van der Waals surface area contributed by atoms with Crippen LogP contribution >= 0.6 is 27.5 Å². The molecule has 0 aliphatic heterocycles. The minimum absolute atomic E-state index is 0.363. The van der Waals surface area contributed by atoms with Gasteiger partial charge in [-0.2, -0.15) is 0 Å². The standard InChI is InChI=1S/C16H16BrClO3/c1-19-14-7-6-13(17)8-12(14)10-21-16-11(9-18)4-3-5-15(16)20-2/h3-8H,9-10H2,1-2H3. The quantitative estimate of drug-likeness (QED) is 0.684. The van der Waals surface area contributed by atoms with Gasteiger partial charge < -0.3 is 14.2 Å². The van der Waals surface area contributed by atoms with Crippen LogP contribution in [0.5, 0.6) is 17.2 Å². The highest BCUT2D eigenvalue weighted by atomic mass is 79.9. The fourth-order valence-electron chi connectivity index (χ4n) is 2.00. The smallest absolute Gasteiger partial charge is 0.166 e. The summed E-state index contributed by atoms with van der Waals surface area (Å²) in [6.07, 6.45) is 0. The van der Waals surface area contributed by atoms with E-state index in [2.05, 4.69) is 15.9 Å². The maximum absolute atomic E-state index is 5.96. The van der Waals surface area contributed by atoms with Crippen molar-refractivity contribution in [3.8, 4) is 17.2 Å². The predicted molar refractivity (Wildman–Crippen MR) is 87.6 cm³/mol. The minimum atomic E-state index is 0.363. The number of ether oxygens (including phenoxy) is 3. The van der Waals surface area contributed by atoms with E-state index in [0.29, 0.717) is 24.0 Å². The first-order valence-corrected chi connectivity index (χ1v) is 7.69. The molecule has 112 valence electrons. The van der Waals surface area contributed by atoms with Gasteiger partial charge in [0, 0.05) is 15.6 Å². The van der Waals surface area contributed by atoms with Crippen molar-refractivity contribution in [3.63, 3.8) is 0 Å². The fourth-order valence-corrected chi connectivity index (χ4v) is 2.62. The molecule has 0 saturated heterocycles. The SMILES string of the molecule is COc1ccc(Br)cc1COc1c(CCl)cccc1OC. The Hall–Kier alpha value is -1.39. The van der Waals surface area contributed by atoms with Crippen LogP contribution in [0.4, 0.5) is 0 Å². The first kappa shape index (κ1) is 16.0. The Kier molecular flexibility index (Phi) is 5.76. The normalized spacial score (nSPS) is 10.3. The van der Waals surface area contributed by atoms with Gasteiger partial charge in [0.1, 0.15) is 12.4 Å². The third-order valence-electron chi connectivity index (χ3n) is 3.04. The van der Waals surface area contributed by atoms with Gasteiger partial charge in [-0.3, -0.25) is 0 Å². The summed E-state index contributed by atoms with van der Waals surface area (Å²) in [5.74, 6) is 2.47. The van der Waals surface area contributed by atoms with Gasteiger partial charge in [0.25, 0.3) is 0 Å². The van der Waals surface area contributed by atoms with E-state index in [1.165, 1.54) is 0 Å². The van der Waals surface area contributed by atoms with Crippen molar-refractivity contribution in [2.24, 2.45) is 0 Å². The number of alkyl halides is 1. The number of para-hydroxylation sites is 1. The zero-order valence-corrected chi connectivity index (χ0v) is 14.2. The molecule has 0 amide bonds. The molecule has 0 fully saturated rings. The average molecular weight is 372 g/mol. The number of hydrogen-bond donors (Lipinski definition) is 0. The fraction of sp³-hybridized carbons (Fsp3) is 0.250. The van der Waals surface area contributed by atoms with Crippen LogP contribution in [0.3, 0.4) is 0 Å². The van der Waals surface area contributed by atoms with Crippen LogP contribution in [-0.4, -0.2) is 14.2 Å². The molecule has 0 atom stereocenters. The Morgan fingerprint density at radius 2 is 1.76 bits per heavy atom. The van der Waals surface area contributed by atoms with Crippen molar-refractivity contribution in [2.45, 2.75) is 12.5 Å². The minimum Gasteiger partial charge on any atom is -0.496 e. The molecule has 2 aromatic carbocycles. The summed E-state index contributed by atoms with van der Waals surface area (Å²) in [6.45, 7) is 0.368. The molecule has 2 rings (SSSR count). The Labute approximate surface area is 137 Å². The maximum Gasteiger partial charge on any atom is 0.166 e. The average Bonchev–Trinajstić information content (AvgIpc) is 2.52. The van der Waals surface area contributed by atoms with Crippen LogP contribution in [0.15, 0.2) is 40.9 Å².